The predicted molar refractivity (Wildman–Crippen MR) is 104 cm³/mol. The predicted octanol–water partition coefficient (Wildman–Crippen LogP) is 3.56. The number of rotatable bonds is 4. The number of Topliss-reactive ketones (excluding diaryl/α,β-unsaturated/α-hetero) is 1. The normalized spacial score (nSPS) is 32.1. The van der Waals surface area contributed by atoms with Crippen molar-refractivity contribution >= 4 is 17.7 Å². The number of methoxy groups -OCH3 is 2. The number of carbonyl (C=O) groups is 3. The van der Waals surface area contributed by atoms with E-state index >= 15 is 0 Å². The van der Waals surface area contributed by atoms with Crippen molar-refractivity contribution in [1.29, 1.82) is 0 Å². The van der Waals surface area contributed by atoms with Crippen LogP contribution in [-0.4, -0.2) is 31.9 Å². The van der Waals surface area contributed by atoms with Crippen molar-refractivity contribution in [3.05, 3.63) is 41.2 Å². The molecule has 2 saturated carbocycles. The zero-order valence-electron chi connectivity index (χ0n) is 17.2. The van der Waals surface area contributed by atoms with E-state index in [9.17, 15) is 14.4 Å². The van der Waals surface area contributed by atoms with Crippen LogP contribution in [0.4, 0.5) is 0 Å². The van der Waals surface area contributed by atoms with E-state index in [1.807, 2.05) is 26.0 Å². The molecule has 1 aromatic rings. The van der Waals surface area contributed by atoms with E-state index < -0.39 is 17.3 Å². The fourth-order valence-corrected chi connectivity index (χ4v) is 6.03. The SMILES string of the molecule is COC(=O)/C=C/Oc1ccc2c(c1C)[C@H](C(=O)OC)[C@@]13CC(=O)[C@@](C)(CC[C@@H]21)C3. The molecule has 1 aromatic carbocycles. The van der Waals surface area contributed by atoms with Crippen molar-refractivity contribution in [1.82, 2.24) is 0 Å². The van der Waals surface area contributed by atoms with Crippen LogP contribution in [0.1, 0.15) is 61.1 Å². The fourth-order valence-electron chi connectivity index (χ4n) is 6.03. The lowest BCUT2D eigenvalue weighted by Gasteiger charge is -2.41. The summed E-state index contributed by atoms with van der Waals surface area (Å²) in [6, 6.07) is 3.87. The Morgan fingerprint density at radius 2 is 1.97 bits per heavy atom. The molecule has 6 heteroatoms. The number of benzene rings is 1. The largest absolute Gasteiger partial charge is 0.469 e. The Kier molecular flexibility index (Phi) is 4.56. The highest BCUT2D eigenvalue weighted by atomic mass is 16.5. The van der Waals surface area contributed by atoms with Crippen LogP contribution in [0.15, 0.2) is 24.5 Å². The van der Waals surface area contributed by atoms with Crippen LogP contribution in [0.3, 0.4) is 0 Å². The average Bonchev–Trinajstić information content (AvgIpc) is 3.09. The molecule has 6 nitrogen and oxygen atoms in total. The number of esters is 2. The highest BCUT2D eigenvalue weighted by Crippen LogP contribution is 2.71. The Bertz CT molecular complexity index is 932. The molecule has 0 radical (unpaired) electrons. The van der Waals surface area contributed by atoms with Gasteiger partial charge in [0.1, 0.15) is 11.5 Å². The van der Waals surface area contributed by atoms with E-state index in [0.29, 0.717) is 12.2 Å². The van der Waals surface area contributed by atoms with E-state index in [0.717, 1.165) is 36.0 Å². The summed E-state index contributed by atoms with van der Waals surface area (Å²) in [6.45, 7) is 3.96. The Morgan fingerprint density at radius 3 is 2.66 bits per heavy atom. The number of ketones is 1. The molecular weight excluding hydrogens is 372 g/mol. The molecule has 2 fully saturated rings. The summed E-state index contributed by atoms with van der Waals surface area (Å²) >= 11 is 0. The molecule has 0 aliphatic heterocycles. The van der Waals surface area contributed by atoms with Gasteiger partial charge in [-0.15, -0.1) is 0 Å². The fraction of sp³-hybridized carbons (Fsp3) is 0.522. The van der Waals surface area contributed by atoms with Gasteiger partial charge in [0, 0.05) is 17.3 Å². The molecule has 0 unspecified atom stereocenters. The van der Waals surface area contributed by atoms with Crippen molar-refractivity contribution in [2.24, 2.45) is 10.8 Å². The van der Waals surface area contributed by atoms with Gasteiger partial charge in [0.25, 0.3) is 0 Å². The van der Waals surface area contributed by atoms with E-state index in [1.165, 1.54) is 26.6 Å². The van der Waals surface area contributed by atoms with Gasteiger partial charge in [-0.3, -0.25) is 9.59 Å². The maximum Gasteiger partial charge on any atom is 0.333 e. The van der Waals surface area contributed by atoms with E-state index in [-0.39, 0.29) is 23.1 Å². The van der Waals surface area contributed by atoms with Crippen LogP contribution >= 0.6 is 0 Å². The maximum absolute atomic E-state index is 13.0. The molecule has 0 N–H and O–H groups in total. The van der Waals surface area contributed by atoms with Crippen molar-refractivity contribution in [2.45, 2.75) is 51.4 Å². The topological polar surface area (TPSA) is 78.9 Å². The number of fused-ring (bicyclic) bond motifs is 3. The molecule has 1 spiro atoms. The van der Waals surface area contributed by atoms with Crippen LogP contribution in [0.25, 0.3) is 0 Å². The molecule has 0 amide bonds. The lowest BCUT2D eigenvalue weighted by molar-refractivity contribution is -0.146. The summed E-state index contributed by atoms with van der Waals surface area (Å²) in [4.78, 5) is 37.1. The number of ether oxygens (including phenoxy) is 3. The third-order valence-corrected chi connectivity index (χ3v) is 7.34. The molecule has 0 aromatic heterocycles. The summed E-state index contributed by atoms with van der Waals surface area (Å²) in [7, 11) is 2.70. The van der Waals surface area contributed by atoms with Crippen molar-refractivity contribution in [2.75, 3.05) is 14.2 Å². The van der Waals surface area contributed by atoms with Crippen LogP contribution in [0.2, 0.25) is 0 Å². The van der Waals surface area contributed by atoms with Crippen LogP contribution in [0, 0.1) is 17.8 Å². The standard InChI is InChI=1S/C23H26O6/c1-13-16(29-10-8-18(25)27-3)6-5-14-15-7-9-22(2)12-23(15,11-17(22)24)20(19(13)14)21(26)28-4/h5-6,8,10,15,20H,7,9,11-12H2,1-4H3/b10-8+/t15-,20+,22-,23+/m0/s1. The van der Waals surface area contributed by atoms with Crippen LogP contribution in [-0.2, 0) is 23.9 Å². The Labute approximate surface area is 170 Å². The molecule has 2 bridgehead atoms. The number of hydrogen-bond acceptors (Lipinski definition) is 6. The quantitative estimate of drug-likeness (QED) is 0.438. The first-order chi connectivity index (χ1) is 13.8. The van der Waals surface area contributed by atoms with Gasteiger partial charge < -0.3 is 14.2 Å². The van der Waals surface area contributed by atoms with E-state index in [1.54, 1.807) is 0 Å². The zero-order chi connectivity index (χ0) is 21.0. The smallest absolute Gasteiger partial charge is 0.333 e. The second-order valence-electron chi connectivity index (χ2n) is 8.75. The van der Waals surface area contributed by atoms with Crippen molar-refractivity contribution in [3.8, 4) is 5.75 Å². The molecule has 0 heterocycles. The summed E-state index contributed by atoms with van der Waals surface area (Å²) < 4.78 is 15.4. The molecule has 4 rings (SSSR count). The molecule has 3 aliphatic rings. The van der Waals surface area contributed by atoms with E-state index in [2.05, 4.69) is 4.74 Å². The highest BCUT2D eigenvalue weighted by Gasteiger charge is 2.67. The third-order valence-electron chi connectivity index (χ3n) is 7.34. The van der Waals surface area contributed by atoms with Crippen LogP contribution in [0.5, 0.6) is 5.75 Å². The Morgan fingerprint density at radius 1 is 1.21 bits per heavy atom. The molecule has 3 aliphatic carbocycles. The van der Waals surface area contributed by atoms with Gasteiger partial charge in [0.15, 0.2) is 0 Å². The van der Waals surface area contributed by atoms with Crippen LogP contribution < -0.4 is 4.74 Å². The second-order valence-corrected chi connectivity index (χ2v) is 8.75. The van der Waals surface area contributed by atoms with Gasteiger partial charge in [0.2, 0.25) is 0 Å². The minimum Gasteiger partial charge on any atom is -0.469 e. The first-order valence-electron chi connectivity index (χ1n) is 9.93. The molecule has 0 saturated heterocycles. The second kappa shape index (κ2) is 6.71. The minimum absolute atomic E-state index is 0.166. The minimum atomic E-state index is -0.509. The first-order valence-corrected chi connectivity index (χ1v) is 9.93. The number of hydrogen-bond donors (Lipinski definition) is 0. The van der Waals surface area contributed by atoms with Gasteiger partial charge in [-0.2, -0.15) is 0 Å². The molecule has 29 heavy (non-hydrogen) atoms. The lowest BCUT2D eigenvalue weighted by atomic mass is 9.61. The monoisotopic (exact) mass is 398 g/mol. The lowest BCUT2D eigenvalue weighted by Crippen LogP contribution is -2.36. The van der Waals surface area contributed by atoms with Gasteiger partial charge >= 0.3 is 11.9 Å². The first kappa shape index (κ1) is 19.7. The zero-order valence-corrected chi connectivity index (χ0v) is 17.2. The van der Waals surface area contributed by atoms with Gasteiger partial charge in [-0.25, -0.2) is 4.79 Å². The summed E-state index contributed by atoms with van der Waals surface area (Å²) in [5.74, 6) is -0.286. The molecule has 4 atom stereocenters. The van der Waals surface area contributed by atoms with Gasteiger partial charge in [-0.05, 0) is 54.9 Å². The molecular formula is C23H26O6. The van der Waals surface area contributed by atoms with Gasteiger partial charge in [0.05, 0.1) is 32.5 Å². The van der Waals surface area contributed by atoms with Crippen molar-refractivity contribution < 1.29 is 28.6 Å². The Balaban J connectivity index is 1.80. The highest BCUT2D eigenvalue weighted by molar-refractivity contribution is 5.92. The van der Waals surface area contributed by atoms with Crippen molar-refractivity contribution in [3.63, 3.8) is 0 Å². The Hall–Kier alpha value is -2.63. The summed E-state index contributed by atoms with van der Waals surface area (Å²) in [5.41, 5.74) is 2.13. The maximum atomic E-state index is 13.0. The average molecular weight is 398 g/mol. The van der Waals surface area contributed by atoms with E-state index in [4.69, 9.17) is 9.47 Å². The van der Waals surface area contributed by atoms with Gasteiger partial charge in [-0.1, -0.05) is 13.0 Å². The third kappa shape index (κ3) is 2.72. The summed E-state index contributed by atoms with van der Waals surface area (Å²) in [6.07, 6.45) is 5.36. The summed E-state index contributed by atoms with van der Waals surface area (Å²) in [5, 5.41) is 0. The molecule has 154 valence electrons. The number of carbonyl (C=O) groups excluding carboxylic acids is 3.